The van der Waals surface area contributed by atoms with Crippen molar-refractivity contribution in [1.82, 2.24) is 19.7 Å². The molecule has 0 aliphatic carbocycles. The van der Waals surface area contributed by atoms with E-state index < -0.39 is 29.4 Å². The second kappa shape index (κ2) is 9.21. The quantitative estimate of drug-likeness (QED) is 0.570. The number of pyridine rings is 2. The summed E-state index contributed by atoms with van der Waals surface area (Å²) in [6, 6.07) is 4.49. The number of ether oxygens (including phenoxy) is 1. The fraction of sp³-hybridized carbons (Fsp3) is 0.250. The number of halogens is 3. The van der Waals surface area contributed by atoms with Gasteiger partial charge in [-0.25, -0.2) is 4.98 Å². The number of methoxy groups -OCH3 is 1. The van der Waals surface area contributed by atoms with Crippen molar-refractivity contribution >= 4 is 42.6 Å². The van der Waals surface area contributed by atoms with Gasteiger partial charge in [0.25, 0.3) is 11.8 Å². The van der Waals surface area contributed by atoms with E-state index in [9.17, 15) is 22.8 Å². The molecule has 0 saturated carbocycles. The van der Waals surface area contributed by atoms with E-state index in [1.807, 2.05) is 0 Å². The summed E-state index contributed by atoms with van der Waals surface area (Å²) in [5, 5.41) is 6.80. The standard InChI is InChI=1S/C20H18F3N7O3.H2S/c1-10-9-29(15-6-4-12(20(21,22)23)18(28-15)33-2)19(32)16-13(8-26-30(10)16)27-17(31)11-3-5-14(24)25-7-11;/h3-8,10H,9H2,1-2H3,(H2,24,25)(H,27,31);1H2/t10-;/m0./s1. The van der Waals surface area contributed by atoms with E-state index >= 15 is 0 Å². The van der Waals surface area contributed by atoms with Crippen molar-refractivity contribution < 1.29 is 27.5 Å². The Morgan fingerprint density at radius 3 is 2.59 bits per heavy atom. The number of hydrogen-bond acceptors (Lipinski definition) is 7. The second-order valence-electron chi connectivity index (χ2n) is 7.27. The minimum absolute atomic E-state index is 0. The lowest BCUT2D eigenvalue weighted by Crippen LogP contribution is -2.43. The molecular weight excluding hydrogens is 475 g/mol. The molecule has 0 fully saturated rings. The molecule has 3 aromatic heterocycles. The Labute approximate surface area is 198 Å². The van der Waals surface area contributed by atoms with Crippen LogP contribution in [-0.4, -0.2) is 45.2 Å². The molecule has 4 heterocycles. The van der Waals surface area contributed by atoms with Gasteiger partial charge in [-0.15, -0.1) is 0 Å². The van der Waals surface area contributed by atoms with Crippen LogP contribution in [0.5, 0.6) is 5.88 Å². The summed E-state index contributed by atoms with van der Waals surface area (Å²) in [6.07, 6.45) is -2.05. The number of fused-ring (bicyclic) bond motifs is 1. The Balaban J connectivity index is 0.00000324. The molecule has 0 aromatic carbocycles. The maximum Gasteiger partial charge on any atom is 0.421 e. The number of anilines is 3. The zero-order chi connectivity index (χ0) is 23.9. The molecule has 0 unspecified atom stereocenters. The number of alkyl halides is 3. The van der Waals surface area contributed by atoms with E-state index in [1.54, 1.807) is 6.92 Å². The highest BCUT2D eigenvalue weighted by Gasteiger charge is 2.38. The first-order chi connectivity index (χ1) is 15.6. The number of nitrogen functional groups attached to an aromatic ring is 1. The number of carbonyl (C=O) groups is 2. The predicted molar refractivity (Wildman–Crippen MR) is 121 cm³/mol. The van der Waals surface area contributed by atoms with Crippen LogP contribution < -0.4 is 20.7 Å². The molecular formula is C20H20F3N7O3S. The van der Waals surface area contributed by atoms with Crippen molar-refractivity contribution in [1.29, 1.82) is 0 Å². The molecule has 0 radical (unpaired) electrons. The van der Waals surface area contributed by atoms with Crippen LogP contribution in [0.2, 0.25) is 0 Å². The average molecular weight is 495 g/mol. The lowest BCUT2D eigenvalue weighted by molar-refractivity contribution is -0.139. The average Bonchev–Trinajstić information content (AvgIpc) is 3.20. The molecule has 4 rings (SSSR count). The highest BCUT2D eigenvalue weighted by atomic mass is 32.1. The van der Waals surface area contributed by atoms with Crippen LogP contribution in [0.4, 0.5) is 30.5 Å². The van der Waals surface area contributed by atoms with Crippen molar-refractivity contribution in [3.63, 3.8) is 0 Å². The minimum atomic E-state index is -4.66. The number of rotatable bonds is 4. The number of nitrogens with zero attached hydrogens (tertiary/aromatic N) is 5. The molecule has 3 N–H and O–H groups in total. The zero-order valence-electron chi connectivity index (χ0n) is 17.9. The van der Waals surface area contributed by atoms with E-state index in [1.165, 1.54) is 34.1 Å². The third-order valence-corrected chi connectivity index (χ3v) is 5.03. The fourth-order valence-electron chi connectivity index (χ4n) is 3.44. The van der Waals surface area contributed by atoms with E-state index in [0.717, 1.165) is 19.2 Å². The van der Waals surface area contributed by atoms with Gasteiger partial charge in [-0.2, -0.15) is 36.7 Å². The van der Waals surface area contributed by atoms with Crippen molar-refractivity contribution in [3.8, 4) is 5.88 Å². The molecule has 0 spiro atoms. The van der Waals surface area contributed by atoms with Gasteiger partial charge in [0.1, 0.15) is 17.2 Å². The maximum atomic E-state index is 13.3. The summed E-state index contributed by atoms with van der Waals surface area (Å²) in [5.74, 6) is -1.56. The zero-order valence-corrected chi connectivity index (χ0v) is 18.9. The minimum Gasteiger partial charge on any atom is -0.481 e. The first-order valence-corrected chi connectivity index (χ1v) is 9.64. The lowest BCUT2D eigenvalue weighted by atomic mass is 10.1. The second-order valence-corrected chi connectivity index (χ2v) is 7.27. The van der Waals surface area contributed by atoms with Gasteiger partial charge < -0.3 is 15.8 Å². The summed E-state index contributed by atoms with van der Waals surface area (Å²) in [4.78, 5) is 34.8. The SMILES string of the molecule is COc1nc(N2C[C@H](C)n3ncc(NC(=O)c4ccc(N)nc4)c3C2=O)ccc1C(F)(F)F.S. The van der Waals surface area contributed by atoms with Crippen molar-refractivity contribution in [3.05, 3.63) is 53.5 Å². The summed E-state index contributed by atoms with van der Waals surface area (Å²) in [5.41, 5.74) is 4.89. The summed E-state index contributed by atoms with van der Waals surface area (Å²) in [7, 11) is 1.07. The Morgan fingerprint density at radius 1 is 1.24 bits per heavy atom. The monoisotopic (exact) mass is 495 g/mol. The van der Waals surface area contributed by atoms with Crippen LogP contribution in [0.15, 0.2) is 36.7 Å². The first kappa shape index (κ1) is 24.8. The van der Waals surface area contributed by atoms with Gasteiger partial charge in [-0.3, -0.25) is 19.2 Å². The Kier molecular flexibility index (Phi) is 6.72. The Morgan fingerprint density at radius 2 is 1.97 bits per heavy atom. The third-order valence-electron chi connectivity index (χ3n) is 5.03. The molecule has 10 nitrogen and oxygen atoms in total. The Bertz CT molecular complexity index is 1230. The fourth-order valence-corrected chi connectivity index (χ4v) is 3.44. The van der Waals surface area contributed by atoms with E-state index in [4.69, 9.17) is 10.5 Å². The van der Waals surface area contributed by atoms with E-state index in [2.05, 4.69) is 20.4 Å². The Hall–Kier alpha value is -3.81. The van der Waals surface area contributed by atoms with E-state index in [-0.39, 0.29) is 54.7 Å². The topological polar surface area (TPSA) is 128 Å². The molecule has 1 atom stereocenters. The van der Waals surface area contributed by atoms with Gasteiger partial charge in [0, 0.05) is 12.7 Å². The molecule has 2 amide bonds. The number of carbonyl (C=O) groups excluding carboxylic acids is 2. The normalized spacial score (nSPS) is 15.4. The predicted octanol–water partition coefficient (Wildman–Crippen LogP) is 2.87. The molecule has 0 saturated heterocycles. The van der Waals surface area contributed by atoms with Crippen LogP contribution in [-0.2, 0) is 6.18 Å². The number of nitrogens with one attached hydrogen (secondary N) is 1. The smallest absolute Gasteiger partial charge is 0.421 e. The van der Waals surface area contributed by atoms with Crippen LogP contribution in [0, 0.1) is 0 Å². The molecule has 180 valence electrons. The number of hydrogen-bond donors (Lipinski definition) is 2. The number of amides is 2. The highest BCUT2D eigenvalue weighted by molar-refractivity contribution is 7.59. The molecule has 1 aliphatic heterocycles. The van der Waals surface area contributed by atoms with Gasteiger partial charge in [0.2, 0.25) is 5.88 Å². The molecule has 14 heteroatoms. The van der Waals surface area contributed by atoms with Gasteiger partial charge in [-0.1, -0.05) is 0 Å². The molecule has 0 bridgehead atoms. The third kappa shape index (κ3) is 4.48. The summed E-state index contributed by atoms with van der Waals surface area (Å²) >= 11 is 0. The maximum absolute atomic E-state index is 13.3. The lowest BCUT2D eigenvalue weighted by Gasteiger charge is -2.31. The largest absolute Gasteiger partial charge is 0.481 e. The van der Waals surface area contributed by atoms with Crippen LogP contribution >= 0.6 is 13.5 Å². The molecule has 3 aromatic rings. The summed E-state index contributed by atoms with van der Waals surface area (Å²) < 4.78 is 45.8. The van der Waals surface area contributed by atoms with Gasteiger partial charge >= 0.3 is 6.18 Å². The number of nitrogens with two attached hydrogens (primary N) is 1. The molecule has 34 heavy (non-hydrogen) atoms. The van der Waals surface area contributed by atoms with Crippen molar-refractivity contribution in [2.75, 3.05) is 29.6 Å². The van der Waals surface area contributed by atoms with Crippen LogP contribution in [0.25, 0.3) is 0 Å². The first-order valence-electron chi connectivity index (χ1n) is 9.64. The van der Waals surface area contributed by atoms with Crippen molar-refractivity contribution in [2.24, 2.45) is 0 Å². The molecule has 1 aliphatic rings. The van der Waals surface area contributed by atoms with E-state index in [0.29, 0.717) is 0 Å². The van der Waals surface area contributed by atoms with Gasteiger partial charge in [0.15, 0.2) is 5.69 Å². The van der Waals surface area contributed by atoms with Crippen LogP contribution in [0.3, 0.4) is 0 Å². The number of aromatic nitrogens is 4. The van der Waals surface area contributed by atoms with Crippen molar-refractivity contribution in [2.45, 2.75) is 19.1 Å². The van der Waals surface area contributed by atoms with Gasteiger partial charge in [0.05, 0.1) is 30.6 Å². The summed E-state index contributed by atoms with van der Waals surface area (Å²) in [6.45, 7) is 1.87. The van der Waals surface area contributed by atoms with Crippen LogP contribution in [0.1, 0.15) is 39.4 Å². The highest BCUT2D eigenvalue weighted by Crippen LogP contribution is 2.37. The van der Waals surface area contributed by atoms with Gasteiger partial charge in [-0.05, 0) is 31.2 Å².